The maximum atomic E-state index is 12.0. The van der Waals surface area contributed by atoms with Crippen LogP contribution in [0.1, 0.15) is 12.5 Å². The maximum Gasteiger partial charge on any atom is 0.250 e. The molecule has 1 aromatic heterocycles. The molecule has 0 atom stereocenters. The molecule has 0 saturated heterocycles. The molecule has 0 fully saturated rings. The summed E-state index contributed by atoms with van der Waals surface area (Å²) in [6, 6.07) is 15.7. The largest absolute Gasteiger partial charge is 0.319 e. The fraction of sp³-hybridized carbons (Fsp3) is 0.167. The summed E-state index contributed by atoms with van der Waals surface area (Å²) in [5, 5.41) is 4.85. The number of thioether (sulfide) groups is 1. The van der Waals surface area contributed by atoms with Crippen LogP contribution in [0.4, 0.5) is 0 Å². The second kappa shape index (κ2) is 8.31. The smallest absolute Gasteiger partial charge is 0.250 e. The van der Waals surface area contributed by atoms with Crippen LogP contribution >= 0.6 is 27.7 Å². The quantitative estimate of drug-likeness (QED) is 0.374. The lowest BCUT2D eigenvalue weighted by molar-refractivity contribution is -0.118. The van der Waals surface area contributed by atoms with E-state index in [0.29, 0.717) is 0 Å². The first-order valence-electron chi connectivity index (χ1n) is 7.83. The minimum absolute atomic E-state index is 0.164. The number of para-hydroxylation sites is 2. The maximum absolute atomic E-state index is 12.0. The third-order valence-electron chi connectivity index (χ3n) is 3.57. The highest BCUT2D eigenvalue weighted by molar-refractivity contribution is 9.10. The summed E-state index contributed by atoms with van der Waals surface area (Å²) in [6.07, 6.45) is 1.62. The second-order valence-electron chi connectivity index (χ2n) is 5.23. The van der Waals surface area contributed by atoms with Crippen molar-refractivity contribution in [2.24, 2.45) is 5.10 Å². The standard InChI is InChI=1S/C18H17BrN4OS/c1-2-23-16-10-6-5-9-15(16)21-18(23)25-12-17(24)22-20-11-13-7-3-4-8-14(13)19/h3-11H,2,12H2,1H3,(H,22,24)/b20-11-. The molecule has 0 bridgehead atoms. The molecule has 0 aliphatic heterocycles. The Morgan fingerprint density at radius 2 is 2.04 bits per heavy atom. The van der Waals surface area contributed by atoms with Crippen LogP contribution in [0.25, 0.3) is 11.0 Å². The van der Waals surface area contributed by atoms with E-state index in [2.05, 4.69) is 42.9 Å². The SMILES string of the molecule is CCn1c(SCC(=O)N/N=C\c2ccccc2Br)nc2ccccc21. The summed E-state index contributed by atoms with van der Waals surface area (Å²) in [4.78, 5) is 16.6. The van der Waals surface area contributed by atoms with Gasteiger partial charge in [0.15, 0.2) is 5.16 Å². The highest BCUT2D eigenvalue weighted by Crippen LogP contribution is 2.23. The zero-order valence-corrected chi connectivity index (χ0v) is 16.0. The Balaban J connectivity index is 1.60. The zero-order valence-electron chi connectivity index (χ0n) is 13.6. The van der Waals surface area contributed by atoms with Gasteiger partial charge in [-0.2, -0.15) is 5.10 Å². The molecule has 1 amide bonds. The van der Waals surface area contributed by atoms with Crippen LogP contribution in [0.3, 0.4) is 0 Å². The molecular weight excluding hydrogens is 400 g/mol. The van der Waals surface area contributed by atoms with Crippen LogP contribution in [-0.4, -0.2) is 27.4 Å². The number of nitrogens with zero attached hydrogens (tertiary/aromatic N) is 3. The topological polar surface area (TPSA) is 59.3 Å². The number of nitrogens with one attached hydrogen (secondary N) is 1. The summed E-state index contributed by atoms with van der Waals surface area (Å²) in [5.74, 6) is 0.0967. The fourth-order valence-corrected chi connectivity index (χ4v) is 3.64. The minimum Gasteiger partial charge on any atom is -0.319 e. The van der Waals surface area contributed by atoms with Crippen LogP contribution < -0.4 is 5.43 Å². The van der Waals surface area contributed by atoms with Gasteiger partial charge in [0, 0.05) is 16.6 Å². The van der Waals surface area contributed by atoms with Gasteiger partial charge in [0.25, 0.3) is 5.91 Å². The molecule has 0 aliphatic rings. The van der Waals surface area contributed by atoms with E-state index >= 15 is 0 Å². The highest BCUT2D eigenvalue weighted by Gasteiger charge is 2.11. The first kappa shape index (κ1) is 17.7. The number of imidazole rings is 1. The van der Waals surface area contributed by atoms with Crippen LogP contribution in [0.5, 0.6) is 0 Å². The van der Waals surface area contributed by atoms with Gasteiger partial charge in [-0.05, 0) is 25.1 Å². The van der Waals surface area contributed by atoms with E-state index in [0.717, 1.165) is 32.8 Å². The predicted octanol–water partition coefficient (Wildman–Crippen LogP) is 4.06. The van der Waals surface area contributed by atoms with Crippen LogP contribution in [0, 0.1) is 0 Å². The van der Waals surface area contributed by atoms with Crippen molar-refractivity contribution < 1.29 is 4.79 Å². The average Bonchev–Trinajstić information content (AvgIpc) is 2.99. The zero-order chi connectivity index (χ0) is 17.6. The first-order chi connectivity index (χ1) is 12.2. The fourth-order valence-electron chi connectivity index (χ4n) is 2.39. The lowest BCUT2D eigenvalue weighted by atomic mass is 10.2. The summed E-state index contributed by atoms with van der Waals surface area (Å²) in [6.45, 7) is 2.88. The van der Waals surface area contributed by atoms with Gasteiger partial charge in [-0.15, -0.1) is 0 Å². The summed E-state index contributed by atoms with van der Waals surface area (Å²) >= 11 is 4.85. The highest BCUT2D eigenvalue weighted by atomic mass is 79.9. The van der Waals surface area contributed by atoms with Crippen LogP contribution in [0.15, 0.2) is 63.3 Å². The van der Waals surface area contributed by atoms with Gasteiger partial charge >= 0.3 is 0 Å². The van der Waals surface area contributed by atoms with E-state index in [1.54, 1.807) is 6.21 Å². The van der Waals surface area contributed by atoms with E-state index in [9.17, 15) is 4.79 Å². The van der Waals surface area contributed by atoms with Crippen molar-refractivity contribution in [1.29, 1.82) is 0 Å². The number of hydrogen-bond donors (Lipinski definition) is 1. The first-order valence-corrected chi connectivity index (χ1v) is 9.61. The molecule has 3 aromatic rings. The van der Waals surface area contributed by atoms with Crippen molar-refractivity contribution in [2.45, 2.75) is 18.6 Å². The predicted molar refractivity (Wildman–Crippen MR) is 106 cm³/mol. The monoisotopic (exact) mass is 416 g/mol. The van der Waals surface area contributed by atoms with Gasteiger partial charge in [-0.3, -0.25) is 4.79 Å². The molecule has 25 heavy (non-hydrogen) atoms. The Hall–Kier alpha value is -2.12. The molecule has 0 radical (unpaired) electrons. The van der Waals surface area contributed by atoms with Crippen LogP contribution in [-0.2, 0) is 11.3 Å². The summed E-state index contributed by atoms with van der Waals surface area (Å²) in [5.41, 5.74) is 5.48. The molecule has 0 unspecified atom stereocenters. The Kier molecular flexibility index (Phi) is 5.88. The normalized spacial score (nSPS) is 11.3. The Morgan fingerprint density at radius 3 is 2.84 bits per heavy atom. The molecule has 128 valence electrons. The average molecular weight is 417 g/mol. The Morgan fingerprint density at radius 1 is 1.28 bits per heavy atom. The minimum atomic E-state index is -0.164. The molecule has 1 N–H and O–H groups in total. The molecule has 5 nitrogen and oxygen atoms in total. The second-order valence-corrected chi connectivity index (χ2v) is 7.03. The molecule has 0 saturated carbocycles. The van der Waals surface area contributed by atoms with Crippen molar-refractivity contribution in [2.75, 3.05) is 5.75 Å². The van der Waals surface area contributed by atoms with E-state index in [4.69, 9.17) is 0 Å². The number of hydrazone groups is 1. The molecule has 7 heteroatoms. The number of fused-ring (bicyclic) bond motifs is 1. The van der Waals surface area contributed by atoms with Gasteiger partial charge < -0.3 is 4.57 Å². The molecule has 3 rings (SSSR count). The van der Waals surface area contributed by atoms with Crippen molar-refractivity contribution in [3.63, 3.8) is 0 Å². The van der Waals surface area contributed by atoms with Gasteiger partial charge in [0.1, 0.15) is 0 Å². The number of aryl methyl sites for hydroxylation is 1. The van der Waals surface area contributed by atoms with Gasteiger partial charge in [-0.1, -0.05) is 58.0 Å². The third-order valence-corrected chi connectivity index (χ3v) is 5.26. The number of carbonyl (C=O) groups is 1. The number of rotatable bonds is 6. The van der Waals surface area contributed by atoms with Gasteiger partial charge in [0.05, 0.1) is 23.0 Å². The number of carbonyl (C=O) groups excluding carboxylic acids is 1. The van der Waals surface area contributed by atoms with E-state index < -0.39 is 0 Å². The Bertz CT molecular complexity index is 922. The number of amides is 1. The molecule has 0 aliphatic carbocycles. The molecular formula is C18H17BrN4OS. The number of benzene rings is 2. The van der Waals surface area contributed by atoms with Crippen molar-refractivity contribution >= 4 is 50.8 Å². The van der Waals surface area contributed by atoms with Gasteiger partial charge in [-0.25, -0.2) is 10.4 Å². The van der Waals surface area contributed by atoms with Crippen molar-refractivity contribution in [3.8, 4) is 0 Å². The molecule has 1 heterocycles. The third kappa shape index (κ3) is 4.29. The van der Waals surface area contributed by atoms with Crippen molar-refractivity contribution in [3.05, 3.63) is 58.6 Å². The lowest BCUT2D eigenvalue weighted by Crippen LogP contribution is -2.20. The van der Waals surface area contributed by atoms with E-state index in [1.165, 1.54) is 11.8 Å². The summed E-state index contributed by atoms with van der Waals surface area (Å²) in [7, 11) is 0. The van der Waals surface area contributed by atoms with Crippen molar-refractivity contribution in [1.82, 2.24) is 15.0 Å². The molecule has 2 aromatic carbocycles. The van der Waals surface area contributed by atoms with E-state index in [-0.39, 0.29) is 11.7 Å². The Labute approximate surface area is 158 Å². The van der Waals surface area contributed by atoms with Gasteiger partial charge in [0.2, 0.25) is 0 Å². The van der Waals surface area contributed by atoms with E-state index in [1.807, 2.05) is 48.5 Å². The number of aromatic nitrogens is 2. The molecule has 0 spiro atoms. The number of hydrogen-bond acceptors (Lipinski definition) is 4. The summed E-state index contributed by atoms with van der Waals surface area (Å²) < 4.78 is 3.04. The number of halogens is 1. The lowest BCUT2D eigenvalue weighted by Gasteiger charge is -2.05. The van der Waals surface area contributed by atoms with Crippen LogP contribution in [0.2, 0.25) is 0 Å².